The number of piperidine rings is 1. The Kier molecular flexibility index (Phi) is 3.93. The highest BCUT2D eigenvalue weighted by Crippen LogP contribution is 2.12. The predicted molar refractivity (Wildman–Crippen MR) is 67.1 cm³/mol. The van der Waals surface area contributed by atoms with Crippen LogP contribution in [0.4, 0.5) is 0 Å². The highest BCUT2D eigenvalue weighted by atomic mass is 32.1. The molecule has 1 unspecified atom stereocenters. The third kappa shape index (κ3) is 3.05. The average molecular weight is 269 g/mol. The van der Waals surface area contributed by atoms with Crippen molar-refractivity contribution < 1.29 is 14.7 Å². The lowest BCUT2D eigenvalue weighted by Crippen LogP contribution is -2.46. The summed E-state index contributed by atoms with van der Waals surface area (Å²) < 4.78 is 0. The minimum absolute atomic E-state index is 0.0779. The van der Waals surface area contributed by atoms with Gasteiger partial charge in [-0.05, 0) is 26.4 Å². The van der Waals surface area contributed by atoms with Crippen LogP contribution in [0.25, 0.3) is 0 Å². The van der Waals surface area contributed by atoms with Crippen LogP contribution < -0.4 is 5.32 Å². The van der Waals surface area contributed by atoms with Gasteiger partial charge >= 0.3 is 5.97 Å². The molecule has 0 bridgehead atoms. The summed E-state index contributed by atoms with van der Waals surface area (Å²) in [6, 6.07) is 0.119. The first-order valence-corrected chi connectivity index (χ1v) is 6.62. The fourth-order valence-electron chi connectivity index (χ4n) is 2.01. The van der Waals surface area contributed by atoms with E-state index >= 15 is 0 Å². The molecule has 0 radical (unpaired) electrons. The van der Waals surface area contributed by atoms with Gasteiger partial charge in [0.2, 0.25) is 0 Å². The number of likely N-dealkylation sites (tertiary alicyclic amines) is 1. The van der Waals surface area contributed by atoms with Crippen LogP contribution in [0, 0.1) is 0 Å². The molecule has 0 saturated carbocycles. The molecule has 1 amide bonds. The van der Waals surface area contributed by atoms with Crippen LogP contribution in [0.5, 0.6) is 0 Å². The van der Waals surface area contributed by atoms with E-state index in [0.29, 0.717) is 0 Å². The summed E-state index contributed by atoms with van der Waals surface area (Å²) in [4.78, 5) is 28.5. The van der Waals surface area contributed by atoms with E-state index in [1.54, 1.807) is 0 Å². The van der Waals surface area contributed by atoms with E-state index in [-0.39, 0.29) is 22.7 Å². The maximum Gasteiger partial charge on any atom is 0.355 e. The summed E-state index contributed by atoms with van der Waals surface area (Å²) in [7, 11) is 2.02. The largest absolute Gasteiger partial charge is 0.476 e. The molecule has 1 saturated heterocycles. The zero-order chi connectivity index (χ0) is 13.1. The van der Waals surface area contributed by atoms with E-state index in [1.165, 1.54) is 5.38 Å². The number of amides is 1. The molecule has 1 aromatic heterocycles. The number of nitrogens with one attached hydrogen (secondary N) is 1. The van der Waals surface area contributed by atoms with Gasteiger partial charge in [-0.2, -0.15) is 0 Å². The number of likely N-dealkylation sites (N-methyl/N-ethyl adjacent to an activating group) is 1. The monoisotopic (exact) mass is 269 g/mol. The minimum Gasteiger partial charge on any atom is -0.476 e. The van der Waals surface area contributed by atoms with Crippen LogP contribution in [-0.4, -0.2) is 53.0 Å². The number of aromatic nitrogens is 1. The first-order valence-electron chi connectivity index (χ1n) is 5.74. The molecule has 1 aliphatic rings. The number of carbonyl (C=O) groups is 2. The normalized spacial score (nSPS) is 20.6. The van der Waals surface area contributed by atoms with Gasteiger partial charge in [0.15, 0.2) is 10.7 Å². The van der Waals surface area contributed by atoms with Crippen molar-refractivity contribution in [2.75, 3.05) is 20.1 Å². The van der Waals surface area contributed by atoms with Crippen LogP contribution in [0.1, 0.15) is 33.1 Å². The fraction of sp³-hybridized carbons (Fsp3) is 0.545. The second-order valence-corrected chi connectivity index (χ2v) is 5.28. The van der Waals surface area contributed by atoms with Gasteiger partial charge in [0.25, 0.3) is 5.91 Å². The van der Waals surface area contributed by atoms with Gasteiger partial charge in [-0.15, -0.1) is 11.3 Å². The lowest BCUT2D eigenvalue weighted by Gasteiger charge is -2.29. The number of carboxylic acids is 1. The molecule has 1 aliphatic heterocycles. The highest BCUT2D eigenvalue weighted by Gasteiger charge is 2.21. The Labute approximate surface area is 109 Å². The summed E-state index contributed by atoms with van der Waals surface area (Å²) in [5.41, 5.74) is -0.0779. The first-order chi connectivity index (χ1) is 8.56. The summed E-state index contributed by atoms with van der Waals surface area (Å²) in [5.74, 6) is -1.39. The zero-order valence-corrected chi connectivity index (χ0v) is 10.9. The molecule has 1 aromatic rings. The molecule has 2 N–H and O–H groups in total. The van der Waals surface area contributed by atoms with E-state index in [4.69, 9.17) is 5.11 Å². The SMILES string of the molecule is CN1CCCC(NC(=O)c2nc(C(=O)O)cs2)C1. The van der Waals surface area contributed by atoms with Crippen LogP contribution in [0.15, 0.2) is 5.38 Å². The molecule has 1 fully saturated rings. The Balaban J connectivity index is 1.96. The van der Waals surface area contributed by atoms with E-state index in [0.717, 1.165) is 37.3 Å². The van der Waals surface area contributed by atoms with E-state index < -0.39 is 5.97 Å². The molecule has 1 atom stereocenters. The maximum absolute atomic E-state index is 11.9. The maximum atomic E-state index is 11.9. The predicted octanol–water partition coefficient (Wildman–Crippen LogP) is 0.665. The number of hydrogen-bond donors (Lipinski definition) is 2. The summed E-state index contributed by atoms with van der Waals surface area (Å²) >= 11 is 1.06. The molecule has 2 rings (SSSR count). The molecule has 18 heavy (non-hydrogen) atoms. The van der Waals surface area contributed by atoms with Crippen LogP contribution in [-0.2, 0) is 0 Å². The topological polar surface area (TPSA) is 82.5 Å². The Hall–Kier alpha value is -1.47. The molecule has 0 spiro atoms. The van der Waals surface area contributed by atoms with Gasteiger partial charge in [0, 0.05) is 18.0 Å². The van der Waals surface area contributed by atoms with Crippen molar-refractivity contribution in [3.63, 3.8) is 0 Å². The average Bonchev–Trinajstić information content (AvgIpc) is 2.78. The standard InChI is InChI=1S/C11H15N3O3S/c1-14-4-2-3-7(5-14)12-9(15)10-13-8(6-18-10)11(16)17/h6-7H,2-5H2,1H3,(H,12,15)(H,16,17). The summed E-state index contributed by atoms with van der Waals surface area (Å²) in [5, 5.41) is 13.2. The number of thiazole rings is 1. The van der Waals surface area contributed by atoms with Gasteiger partial charge in [-0.3, -0.25) is 4.79 Å². The van der Waals surface area contributed by atoms with Crippen molar-refractivity contribution >= 4 is 23.2 Å². The van der Waals surface area contributed by atoms with Gasteiger partial charge in [0.05, 0.1) is 0 Å². The van der Waals surface area contributed by atoms with Crippen molar-refractivity contribution in [1.29, 1.82) is 0 Å². The molecule has 7 heteroatoms. The number of hydrogen-bond acceptors (Lipinski definition) is 5. The van der Waals surface area contributed by atoms with Crippen LogP contribution >= 0.6 is 11.3 Å². The highest BCUT2D eigenvalue weighted by molar-refractivity contribution is 7.11. The first kappa shape index (κ1) is 13.0. The van der Waals surface area contributed by atoms with E-state index in [1.807, 2.05) is 7.05 Å². The van der Waals surface area contributed by atoms with Crippen molar-refractivity contribution in [2.24, 2.45) is 0 Å². The smallest absolute Gasteiger partial charge is 0.355 e. The Morgan fingerprint density at radius 2 is 2.39 bits per heavy atom. The zero-order valence-electron chi connectivity index (χ0n) is 10.0. The quantitative estimate of drug-likeness (QED) is 0.842. The lowest BCUT2D eigenvalue weighted by atomic mass is 10.1. The lowest BCUT2D eigenvalue weighted by molar-refractivity contribution is 0.0691. The van der Waals surface area contributed by atoms with Crippen LogP contribution in [0.3, 0.4) is 0 Å². The molecule has 6 nitrogen and oxygen atoms in total. The van der Waals surface area contributed by atoms with E-state index in [9.17, 15) is 9.59 Å². The Bertz CT molecular complexity index is 460. The van der Waals surface area contributed by atoms with Gasteiger partial charge in [0.1, 0.15) is 0 Å². The fourth-order valence-corrected chi connectivity index (χ4v) is 2.70. The number of aromatic carboxylic acids is 1. The van der Waals surface area contributed by atoms with Gasteiger partial charge in [-0.25, -0.2) is 9.78 Å². The van der Waals surface area contributed by atoms with Crippen molar-refractivity contribution in [3.05, 3.63) is 16.1 Å². The number of carbonyl (C=O) groups excluding carboxylic acids is 1. The Morgan fingerprint density at radius 1 is 1.61 bits per heavy atom. The molecule has 0 aromatic carbocycles. The van der Waals surface area contributed by atoms with Crippen molar-refractivity contribution in [2.45, 2.75) is 18.9 Å². The molecule has 2 heterocycles. The second-order valence-electron chi connectivity index (χ2n) is 4.42. The molecular formula is C11H15N3O3S. The third-order valence-electron chi connectivity index (χ3n) is 2.88. The number of rotatable bonds is 3. The third-order valence-corrected chi connectivity index (χ3v) is 3.72. The minimum atomic E-state index is -1.11. The Morgan fingerprint density at radius 3 is 3.00 bits per heavy atom. The number of carboxylic acid groups (broad SMARTS) is 1. The second kappa shape index (κ2) is 5.45. The molecular weight excluding hydrogens is 254 g/mol. The van der Waals surface area contributed by atoms with Gasteiger partial charge in [-0.1, -0.05) is 0 Å². The molecule has 0 aliphatic carbocycles. The van der Waals surface area contributed by atoms with Crippen molar-refractivity contribution in [1.82, 2.24) is 15.2 Å². The summed E-state index contributed by atoms with van der Waals surface area (Å²) in [6.45, 7) is 1.87. The van der Waals surface area contributed by atoms with Crippen molar-refractivity contribution in [3.8, 4) is 0 Å². The molecule has 98 valence electrons. The van der Waals surface area contributed by atoms with E-state index in [2.05, 4.69) is 15.2 Å². The number of nitrogens with zero attached hydrogens (tertiary/aromatic N) is 2. The summed E-state index contributed by atoms with van der Waals surface area (Å²) in [6.07, 6.45) is 2.01. The van der Waals surface area contributed by atoms with Crippen LogP contribution in [0.2, 0.25) is 0 Å². The van der Waals surface area contributed by atoms with Gasteiger partial charge < -0.3 is 15.3 Å².